The van der Waals surface area contributed by atoms with E-state index in [-0.39, 0.29) is 13.2 Å². The first-order chi connectivity index (χ1) is 8.36. The van der Waals surface area contributed by atoms with Crippen LogP contribution < -0.4 is 0 Å². The second-order valence-corrected chi connectivity index (χ2v) is 3.37. The second-order valence-electron chi connectivity index (χ2n) is 3.37. The first-order valence-corrected chi connectivity index (χ1v) is 5.42. The van der Waals surface area contributed by atoms with Crippen molar-refractivity contribution in [3.8, 4) is 0 Å². The van der Waals surface area contributed by atoms with E-state index in [9.17, 15) is 30.0 Å². The van der Waals surface area contributed by atoms with Gasteiger partial charge in [0.15, 0.2) is 12.2 Å². The molecule has 8 heteroatoms. The molecule has 0 unspecified atom stereocenters. The van der Waals surface area contributed by atoms with Gasteiger partial charge in [-0.2, -0.15) is 0 Å². The topological polar surface area (TPSA) is 134 Å². The third kappa shape index (κ3) is 4.57. The maximum absolute atomic E-state index is 11.1. The van der Waals surface area contributed by atoms with Gasteiger partial charge in [0.25, 0.3) is 0 Å². The normalized spacial score (nSPS) is 17.4. The van der Waals surface area contributed by atoms with Crippen LogP contribution in [0, 0.1) is 0 Å². The van der Waals surface area contributed by atoms with Gasteiger partial charge in [0, 0.05) is 0 Å². The van der Waals surface area contributed by atoms with Gasteiger partial charge in [-0.15, -0.1) is 0 Å². The van der Waals surface area contributed by atoms with E-state index in [0.717, 1.165) is 0 Å². The molecular weight excluding hydrogens is 248 g/mol. The van der Waals surface area contributed by atoms with Crippen molar-refractivity contribution in [1.29, 1.82) is 0 Å². The molecule has 0 saturated heterocycles. The van der Waals surface area contributed by atoms with Gasteiger partial charge in [0.05, 0.1) is 13.2 Å². The molecule has 0 radical (unpaired) electrons. The van der Waals surface area contributed by atoms with Crippen LogP contribution in [0.3, 0.4) is 0 Å². The minimum absolute atomic E-state index is 0.0286. The number of hydrogen-bond acceptors (Lipinski definition) is 8. The summed E-state index contributed by atoms with van der Waals surface area (Å²) in [7, 11) is 0. The third-order valence-electron chi connectivity index (χ3n) is 2.05. The monoisotopic (exact) mass is 266 g/mol. The molecule has 0 fully saturated rings. The lowest BCUT2D eigenvalue weighted by Gasteiger charge is -2.24. The molecule has 8 nitrogen and oxygen atoms in total. The van der Waals surface area contributed by atoms with E-state index in [2.05, 4.69) is 9.47 Å². The first-order valence-electron chi connectivity index (χ1n) is 5.42. The van der Waals surface area contributed by atoms with E-state index in [4.69, 9.17) is 0 Å². The summed E-state index contributed by atoms with van der Waals surface area (Å²) >= 11 is 0. The zero-order chi connectivity index (χ0) is 14.3. The van der Waals surface area contributed by atoms with Crippen molar-refractivity contribution in [2.24, 2.45) is 0 Å². The smallest absolute Gasteiger partial charge is 0.337 e. The summed E-state index contributed by atoms with van der Waals surface area (Å²) in [6.45, 7) is 2.92. The van der Waals surface area contributed by atoms with Crippen LogP contribution in [-0.4, -0.2) is 70.0 Å². The van der Waals surface area contributed by atoms with Crippen LogP contribution in [0.4, 0.5) is 0 Å². The summed E-state index contributed by atoms with van der Waals surface area (Å²) in [6, 6.07) is 0. The van der Waals surface area contributed by atoms with Gasteiger partial charge in [-0.1, -0.05) is 0 Å². The quantitative estimate of drug-likeness (QED) is 0.373. The van der Waals surface area contributed by atoms with Crippen LogP contribution in [-0.2, 0) is 19.1 Å². The van der Waals surface area contributed by atoms with Gasteiger partial charge in [-0.25, -0.2) is 9.59 Å². The van der Waals surface area contributed by atoms with Crippen molar-refractivity contribution < 1.29 is 39.5 Å². The highest BCUT2D eigenvalue weighted by Crippen LogP contribution is 2.08. The number of ether oxygens (including phenoxy) is 2. The molecule has 0 aliphatic carbocycles. The van der Waals surface area contributed by atoms with E-state index in [0.29, 0.717) is 0 Å². The second kappa shape index (κ2) is 7.98. The summed E-state index contributed by atoms with van der Waals surface area (Å²) in [6.07, 6.45) is -8.26. The van der Waals surface area contributed by atoms with Crippen LogP contribution in [0.2, 0.25) is 0 Å². The molecule has 0 amide bonds. The molecule has 4 atom stereocenters. The number of esters is 2. The Morgan fingerprint density at radius 2 is 1.11 bits per heavy atom. The van der Waals surface area contributed by atoms with Crippen LogP contribution in [0.25, 0.3) is 0 Å². The number of hydrogen-bond donors (Lipinski definition) is 4. The number of rotatable bonds is 7. The lowest BCUT2D eigenvalue weighted by Crippen LogP contribution is -2.50. The zero-order valence-electron chi connectivity index (χ0n) is 10.1. The van der Waals surface area contributed by atoms with Crippen LogP contribution in [0.5, 0.6) is 0 Å². The number of carbonyl (C=O) groups excluding carboxylic acids is 2. The number of carbonyl (C=O) groups is 2. The predicted molar refractivity (Wildman–Crippen MR) is 57.3 cm³/mol. The number of aliphatic hydroxyl groups is 4. The fourth-order valence-corrected chi connectivity index (χ4v) is 1.11. The van der Waals surface area contributed by atoms with Crippen molar-refractivity contribution in [2.45, 2.75) is 38.3 Å². The molecule has 0 saturated carbocycles. The Bertz CT molecular complexity index is 251. The molecule has 0 rings (SSSR count). The summed E-state index contributed by atoms with van der Waals surface area (Å²) in [5, 5.41) is 37.4. The maximum Gasteiger partial charge on any atom is 0.337 e. The molecule has 0 aliphatic rings. The van der Waals surface area contributed by atoms with Crippen molar-refractivity contribution >= 4 is 11.9 Å². The largest absolute Gasteiger partial charge is 0.464 e. The Morgan fingerprint density at radius 1 is 0.833 bits per heavy atom. The van der Waals surface area contributed by atoms with Gasteiger partial charge in [-0.05, 0) is 13.8 Å². The first kappa shape index (κ1) is 16.8. The molecule has 0 spiro atoms. The lowest BCUT2D eigenvalue weighted by molar-refractivity contribution is -0.178. The van der Waals surface area contributed by atoms with Crippen LogP contribution in [0.1, 0.15) is 13.8 Å². The highest BCUT2D eigenvalue weighted by atomic mass is 16.6. The molecule has 106 valence electrons. The highest BCUT2D eigenvalue weighted by molar-refractivity contribution is 5.77. The Balaban J connectivity index is 4.52. The fourth-order valence-electron chi connectivity index (χ4n) is 1.11. The van der Waals surface area contributed by atoms with Gasteiger partial charge >= 0.3 is 11.9 Å². The molecule has 18 heavy (non-hydrogen) atoms. The van der Waals surface area contributed by atoms with Crippen LogP contribution >= 0.6 is 0 Å². The van der Waals surface area contributed by atoms with E-state index < -0.39 is 36.4 Å². The van der Waals surface area contributed by atoms with Crippen molar-refractivity contribution in [3.05, 3.63) is 0 Å². The molecule has 0 aliphatic heterocycles. The zero-order valence-corrected chi connectivity index (χ0v) is 10.1. The molecular formula is C10H18O8. The standard InChI is InChI=1S/C10H18O8/c1-3-17-9(15)7(13)5(11)6(12)8(14)10(16)18-4-2/h5-8,11-14H,3-4H2,1-2H3/t5-,6+,7-,8-/m0/s1. The van der Waals surface area contributed by atoms with Gasteiger partial charge in [0.2, 0.25) is 0 Å². The molecule has 0 aromatic rings. The predicted octanol–water partition coefficient (Wildman–Crippen LogP) is -2.44. The fraction of sp³-hybridized carbons (Fsp3) is 0.800. The Kier molecular flexibility index (Phi) is 7.44. The van der Waals surface area contributed by atoms with Crippen molar-refractivity contribution in [2.75, 3.05) is 13.2 Å². The van der Waals surface area contributed by atoms with Crippen molar-refractivity contribution in [1.82, 2.24) is 0 Å². The number of aliphatic hydroxyl groups excluding tert-OH is 4. The van der Waals surface area contributed by atoms with Gasteiger partial charge in [0.1, 0.15) is 12.2 Å². The average molecular weight is 266 g/mol. The lowest BCUT2D eigenvalue weighted by atomic mass is 10.0. The molecule has 0 aromatic carbocycles. The summed E-state index contributed by atoms with van der Waals surface area (Å²) in [5.74, 6) is -2.33. The van der Waals surface area contributed by atoms with E-state index in [1.807, 2.05) is 0 Å². The van der Waals surface area contributed by atoms with Gasteiger partial charge < -0.3 is 29.9 Å². The molecule has 0 aromatic heterocycles. The minimum atomic E-state index is -2.07. The average Bonchev–Trinajstić information content (AvgIpc) is 2.35. The Morgan fingerprint density at radius 3 is 1.33 bits per heavy atom. The van der Waals surface area contributed by atoms with E-state index in [1.54, 1.807) is 0 Å². The van der Waals surface area contributed by atoms with E-state index in [1.165, 1.54) is 13.8 Å². The van der Waals surface area contributed by atoms with Gasteiger partial charge in [-0.3, -0.25) is 0 Å². The summed E-state index contributed by atoms with van der Waals surface area (Å²) in [4.78, 5) is 22.1. The summed E-state index contributed by atoms with van der Waals surface area (Å²) in [5.41, 5.74) is 0. The molecule has 0 bridgehead atoms. The minimum Gasteiger partial charge on any atom is -0.464 e. The van der Waals surface area contributed by atoms with E-state index >= 15 is 0 Å². The highest BCUT2D eigenvalue weighted by Gasteiger charge is 2.38. The molecule has 0 heterocycles. The summed E-state index contributed by atoms with van der Waals surface area (Å²) < 4.78 is 8.81. The van der Waals surface area contributed by atoms with Crippen LogP contribution in [0.15, 0.2) is 0 Å². The SMILES string of the molecule is CCOC(=O)[C@@H](O)[C@H](O)[C@H](O)[C@H](O)C(=O)OCC. The molecule has 4 N–H and O–H groups in total. The third-order valence-corrected chi connectivity index (χ3v) is 2.05. The Hall–Kier alpha value is -1.22. The maximum atomic E-state index is 11.1. The Labute approximate surface area is 104 Å². The van der Waals surface area contributed by atoms with Crippen molar-refractivity contribution in [3.63, 3.8) is 0 Å².